The van der Waals surface area contributed by atoms with Crippen molar-refractivity contribution >= 4 is 0 Å². The summed E-state index contributed by atoms with van der Waals surface area (Å²) in [6.45, 7) is -0.531. The van der Waals surface area contributed by atoms with Crippen molar-refractivity contribution in [1.82, 2.24) is 0 Å². The summed E-state index contributed by atoms with van der Waals surface area (Å²) in [6.07, 6.45) is -0.687. The maximum atomic E-state index is 8.92. The highest BCUT2D eigenvalue weighted by Gasteiger charge is 2.33. The molecule has 1 unspecified atom stereocenters. The first kappa shape index (κ1) is 27.8. The first-order valence-corrected chi connectivity index (χ1v) is 8.01. The van der Waals surface area contributed by atoms with Gasteiger partial charge in [-0.3, -0.25) is 0 Å². The van der Waals surface area contributed by atoms with Crippen LogP contribution >= 0.6 is 0 Å². The Morgan fingerprint density at radius 2 is 1.12 bits per heavy atom. The lowest BCUT2D eigenvalue weighted by atomic mass is 10.2. The van der Waals surface area contributed by atoms with Crippen LogP contribution in [0.15, 0.2) is 0 Å². The van der Waals surface area contributed by atoms with Crippen LogP contribution in [0.5, 0.6) is 0 Å². The highest BCUT2D eigenvalue weighted by Crippen LogP contribution is 2.15. The molecule has 0 heterocycles. The third-order valence-corrected chi connectivity index (χ3v) is 3.46. The molecule has 0 aliphatic rings. The van der Waals surface area contributed by atoms with Gasteiger partial charge in [-0.05, 0) is 6.42 Å². The fourth-order valence-electron chi connectivity index (χ4n) is 1.59. The van der Waals surface area contributed by atoms with Gasteiger partial charge < -0.3 is 54.3 Å². The number of hydrogen-bond acceptors (Lipinski definition) is 11. The summed E-state index contributed by atoms with van der Waals surface area (Å²) >= 11 is 0. The summed E-state index contributed by atoms with van der Waals surface area (Å²) in [4.78, 5) is 0. The fourth-order valence-corrected chi connectivity index (χ4v) is 1.59. The summed E-state index contributed by atoms with van der Waals surface area (Å²) < 4.78 is 24.5. The molecular weight excluding hydrogens is 356 g/mol. The molecule has 0 radical (unpaired) electrons. The third kappa shape index (κ3) is 9.48. The van der Waals surface area contributed by atoms with E-state index in [1.54, 1.807) is 0 Å². The van der Waals surface area contributed by atoms with Crippen molar-refractivity contribution in [3.05, 3.63) is 0 Å². The molecule has 0 aromatic carbocycles. The van der Waals surface area contributed by atoms with Crippen LogP contribution in [-0.4, -0.2) is 116 Å². The van der Waals surface area contributed by atoms with Gasteiger partial charge in [0.05, 0.1) is 39.1 Å². The standard InChI is InChI=1S/C8H18O5.C7H16O6/c1-3-7(4-9)13-8(5-10,6-11)12-2;1-11-7(5-10,12-2)13-6(3-8)4-9/h7,9-11H,3-6H2,1-2H3;6,8-10H,3-5H2,1-2H3. The van der Waals surface area contributed by atoms with Crippen LogP contribution in [0, 0.1) is 0 Å². The Hall–Kier alpha value is -0.440. The van der Waals surface area contributed by atoms with Gasteiger partial charge in [-0.25, -0.2) is 0 Å². The van der Waals surface area contributed by atoms with Crippen molar-refractivity contribution in [2.45, 2.75) is 37.3 Å². The van der Waals surface area contributed by atoms with Crippen LogP contribution in [0.25, 0.3) is 0 Å². The number of methoxy groups -OCH3 is 3. The predicted molar refractivity (Wildman–Crippen MR) is 89.0 cm³/mol. The molecule has 11 heteroatoms. The SMILES string of the molecule is CCC(CO)OC(CO)(CO)OC.COC(CO)(OC)OC(CO)CO. The lowest BCUT2D eigenvalue weighted by Crippen LogP contribution is -2.46. The van der Waals surface area contributed by atoms with E-state index in [1.165, 1.54) is 21.3 Å². The first-order valence-electron chi connectivity index (χ1n) is 8.01. The van der Waals surface area contributed by atoms with Crippen LogP contribution in [-0.2, 0) is 23.7 Å². The molecular formula is C15H34O11. The van der Waals surface area contributed by atoms with Crippen molar-refractivity contribution in [2.75, 3.05) is 61.0 Å². The van der Waals surface area contributed by atoms with E-state index in [1.807, 2.05) is 6.92 Å². The fraction of sp³-hybridized carbons (Fsp3) is 1.00. The van der Waals surface area contributed by atoms with Crippen LogP contribution in [0.3, 0.4) is 0 Å². The Balaban J connectivity index is 0. The zero-order valence-electron chi connectivity index (χ0n) is 15.8. The normalized spacial score (nSPS) is 13.5. The lowest BCUT2D eigenvalue weighted by Gasteiger charge is -2.31. The predicted octanol–water partition coefficient (Wildman–Crippen LogP) is -2.60. The average molecular weight is 390 g/mol. The number of aliphatic hydroxyl groups excluding tert-OH is 6. The van der Waals surface area contributed by atoms with E-state index < -0.39 is 43.8 Å². The molecule has 0 fully saturated rings. The van der Waals surface area contributed by atoms with E-state index in [0.29, 0.717) is 6.42 Å². The summed E-state index contributed by atoms with van der Waals surface area (Å²) in [6, 6.07) is 0. The van der Waals surface area contributed by atoms with Crippen molar-refractivity contribution in [2.24, 2.45) is 0 Å². The summed E-state index contributed by atoms with van der Waals surface area (Å²) in [5.74, 6) is -3.01. The largest absolute Gasteiger partial charge is 0.394 e. The Morgan fingerprint density at radius 1 is 0.654 bits per heavy atom. The second kappa shape index (κ2) is 15.6. The summed E-state index contributed by atoms with van der Waals surface area (Å²) in [7, 11) is 3.90. The summed E-state index contributed by atoms with van der Waals surface area (Å²) in [5, 5.41) is 53.0. The smallest absolute Gasteiger partial charge is 0.307 e. The zero-order valence-corrected chi connectivity index (χ0v) is 15.8. The van der Waals surface area contributed by atoms with Gasteiger partial charge in [-0.1, -0.05) is 6.92 Å². The molecule has 0 bridgehead atoms. The molecule has 0 aromatic heterocycles. The van der Waals surface area contributed by atoms with Crippen molar-refractivity contribution < 1.29 is 54.3 Å². The number of aliphatic hydroxyl groups is 6. The third-order valence-electron chi connectivity index (χ3n) is 3.46. The molecule has 0 aromatic rings. The molecule has 26 heavy (non-hydrogen) atoms. The Kier molecular flexibility index (Phi) is 16.7. The second-order valence-corrected chi connectivity index (χ2v) is 5.12. The van der Waals surface area contributed by atoms with Gasteiger partial charge in [-0.15, -0.1) is 0 Å². The average Bonchev–Trinajstić information content (AvgIpc) is 2.72. The van der Waals surface area contributed by atoms with E-state index in [9.17, 15) is 0 Å². The summed E-state index contributed by atoms with van der Waals surface area (Å²) in [5.41, 5.74) is 0. The zero-order chi connectivity index (χ0) is 20.6. The molecule has 0 saturated heterocycles. The van der Waals surface area contributed by atoms with E-state index >= 15 is 0 Å². The van der Waals surface area contributed by atoms with E-state index in [-0.39, 0.29) is 19.8 Å². The molecule has 0 aliphatic heterocycles. The van der Waals surface area contributed by atoms with E-state index in [0.717, 1.165) is 0 Å². The van der Waals surface area contributed by atoms with Crippen molar-refractivity contribution in [1.29, 1.82) is 0 Å². The molecule has 0 saturated carbocycles. The molecule has 0 spiro atoms. The minimum Gasteiger partial charge on any atom is -0.394 e. The molecule has 1 atom stereocenters. The van der Waals surface area contributed by atoms with E-state index in [2.05, 4.69) is 0 Å². The quantitative estimate of drug-likeness (QED) is 0.172. The topological polar surface area (TPSA) is 168 Å². The minimum absolute atomic E-state index is 0.165. The Morgan fingerprint density at radius 3 is 1.35 bits per heavy atom. The van der Waals surface area contributed by atoms with Gasteiger partial charge in [0.1, 0.15) is 12.7 Å². The number of hydrogen-bond donors (Lipinski definition) is 6. The lowest BCUT2D eigenvalue weighted by molar-refractivity contribution is -0.391. The van der Waals surface area contributed by atoms with Crippen LogP contribution in [0.2, 0.25) is 0 Å². The Labute approximate surface area is 153 Å². The molecule has 11 nitrogen and oxygen atoms in total. The van der Waals surface area contributed by atoms with Gasteiger partial charge in [0.15, 0.2) is 0 Å². The van der Waals surface area contributed by atoms with Gasteiger partial charge >= 0.3 is 5.97 Å². The number of rotatable bonds is 14. The van der Waals surface area contributed by atoms with Crippen molar-refractivity contribution in [3.8, 4) is 0 Å². The van der Waals surface area contributed by atoms with Crippen LogP contribution in [0.1, 0.15) is 13.3 Å². The first-order chi connectivity index (χ1) is 12.3. The molecule has 160 valence electrons. The molecule has 0 amide bonds. The second-order valence-electron chi connectivity index (χ2n) is 5.12. The Bertz CT molecular complexity index is 253. The van der Waals surface area contributed by atoms with Crippen LogP contribution < -0.4 is 0 Å². The molecule has 0 rings (SSSR count). The highest BCUT2D eigenvalue weighted by atomic mass is 16.9. The molecule has 6 N–H and O–H groups in total. The highest BCUT2D eigenvalue weighted by molar-refractivity contribution is 4.69. The van der Waals surface area contributed by atoms with E-state index in [4.69, 9.17) is 54.3 Å². The maximum absolute atomic E-state index is 8.92. The van der Waals surface area contributed by atoms with Gasteiger partial charge in [-0.2, -0.15) is 0 Å². The van der Waals surface area contributed by atoms with Crippen molar-refractivity contribution in [3.63, 3.8) is 0 Å². The van der Waals surface area contributed by atoms with Gasteiger partial charge in [0.2, 0.25) is 5.79 Å². The number of ether oxygens (including phenoxy) is 5. The minimum atomic E-state index is -1.61. The monoisotopic (exact) mass is 390 g/mol. The van der Waals surface area contributed by atoms with Gasteiger partial charge in [0.25, 0.3) is 0 Å². The maximum Gasteiger partial charge on any atom is 0.307 e. The molecule has 0 aliphatic carbocycles. The van der Waals surface area contributed by atoms with Gasteiger partial charge in [0, 0.05) is 21.3 Å². The van der Waals surface area contributed by atoms with Crippen LogP contribution in [0.4, 0.5) is 0 Å².